The molecule has 0 radical (unpaired) electrons. The summed E-state index contributed by atoms with van der Waals surface area (Å²) in [5, 5.41) is 2.80. The van der Waals surface area contributed by atoms with E-state index in [2.05, 4.69) is 24.2 Å². The second kappa shape index (κ2) is 6.80. The van der Waals surface area contributed by atoms with Crippen LogP contribution >= 0.6 is 0 Å². The van der Waals surface area contributed by atoms with Gasteiger partial charge in [-0.2, -0.15) is 0 Å². The van der Waals surface area contributed by atoms with Crippen LogP contribution in [0.1, 0.15) is 30.3 Å². The maximum Gasteiger partial charge on any atom is 0.291 e. The first-order chi connectivity index (χ1) is 9.70. The van der Waals surface area contributed by atoms with Crippen molar-refractivity contribution < 1.29 is 9.21 Å². The molecular weight excluding hydrogens is 252 g/mol. The minimum Gasteiger partial charge on any atom is -0.459 e. The van der Waals surface area contributed by atoms with Crippen molar-refractivity contribution in [2.24, 2.45) is 0 Å². The zero-order valence-electron chi connectivity index (χ0n) is 11.9. The van der Waals surface area contributed by atoms with E-state index in [0.717, 1.165) is 17.9 Å². The molecule has 0 atom stereocenters. The molecule has 1 N–H and O–H groups in total. The number of nitrogens with zero attached hydrogens (tertiary/aromatic N) is 1. The molecule has 4 nitrogen and oxygen atoms in total. The lowest BCUT2D eigenvalue weighted by molar-refractivity contribution is 0.0996. The standard InChI is InChI=1S/C16H20N2O2/c1-3-4-11-18(2)14-9-7-13(8-10-14)17-16(19)15-6-5-12-20-15/h5-10,12H,3-4,11H2,1-2H3,(H,17,19). The van der Waals surface area contributed by atoms with Gasteiger partial charge in [-0.05, 0) is 42.8 Å². The number of carbonyl (C=O) groups excluding carboxylic acids is 1. The largest absolute Gasteiger partial charge is 0.459 e. The Kier molecular flexibility index (Phi) is 4.82. The first-order valence-electron chi connectivity index (χ1n) is 6.86. The maximum atomic E-state index is 11.8. The monoisotopic (exact) mass is 272 g/mol. The Bertz CT molecular complexity index is 532. The van der Waals surface area contributed by atoms with E-state index in [1.165, 1.54) is 19.1 Å². The molecule has 0 aliphatic rings. The fourth-order valence-corrected chi connectivity index (χ4v) is 1.92. The van der Waals surface area contributed by atoms with Gasteiger partial charge in [-0.15, -0.1) is 0 Å². The molecular formula is C16H20N2O2. The minimum absolute atomic E-state index is 0.234. The summed E-state index contributed by atoms with van der Waals surface area (Å²) in [4.78, 5) is 14.0. The Hall–Kier alpha value is -2.23. The lowest BCUT2D eigenvalue weighted by Gasteiger charge is -2.19. The average molecular weight is 272 g/mol. The van der Waals surface area contributed by atoms with Crippen LogP contribution < -0.4 is 10.2 Å². The van der Waals surface area contributed by atoms with Crippen LogP contribution in [0.5, 0.6) is 0 Å². The summed E-state index contributed by atoms with van der Waals surface area (Å²) < 4.78 is 5.05. The normalized spacial score (nSPS) is 10.3. The lowest BCUT2D eigenvalue weighted by Crippen LogP contribution is -2.18. The number of amides is 1. The average Bonchev–Trinajstić information content (AvgIpc) is 3.00. The van der Waals surface area contributed by atoms with E-state index in [1.54, 1.807) is 12.1 Å². The molecule has 1 heterocycles. The number of rotatable bonds is 6. The predicted molar refractivity (Wildman–Crippen MR) is 81.3 cm³/mol. The van der Waals surface area contributed by atoms with Crippen molar-refractivity contribution in [1.29, 1.82) is 0 Å². The third-order valence-electron chi connectivity index (χ3n) is 3.16. The Morgan fingerprint density at radius 1 is 1.25 bits per heavy atom. The minimum atomic E-state index is -0.234. The molecule has 0 saturated carbocycles. The third-order valence-corrected chi connectivity index (χ3v) is 3.16. The van der Waals surface area contributed by atoms with Crippen LogP contribution in [0.25, 0.3) is 0 Å². The van der Waals surface area contributed by atoms with Gasteiger partial charge < -0.3 is 14.6 Å². The number of anilines is 2. The summed E-state index contributed by atoms with van der Waals surface area (Å²) in [5.41, 5.74) is 1.91. The molecule has 1 aromatic heterocycles. The van der Waals surface area contributed by atoms with Crippen molar-refractivity contribution in [1.82, 2.24) is 0 Å². The fourth-order valence-electron chi connectivity index (χ4n) is 1.92. The maximum absolute atomic E-state index is 11.8. The van der Waals surface area contributed by atoms with E-state index >= 15 is 0 Å². The number of hydrogen-bond acceptors (Lipinski definition) is 3. The summed E-state index contributed by atoms with van der Waals surface area (Å²) in [6, 6.07) is 11.2. The Labute approximate surface area is 119 Å². The fraction of sp³-hybridized carbons (Fsp3) is 0.312. The van der Waals surface area contributed by atoms with Gasteiger partial charge in [-0.1, -0.05) is 13.3 Å². The summed E-state index contributed by atoms with van der Waals surface area (Å²) >= 11 is 0. The number of benzene rings is 1. The van der Waals surface area contributed by atoms with Crippen molar-refractivity contribution in [3.63, 3.8) is 0 Å². The van der Waals surface area contributed by atoms with Crippen molar-refractivity contribution in [2.75, 3.05) is 23.8 Å². The number of carbonyl (C=O) groups is 1. The highest BCUT2D eigenvalue weighted by molar-refractivity contribution is 6.02. The highest BCUT2D eigenvalue weighted by Crippen LogP contribution is 2.18. The molecule has 0 fully saturated rings. The van der Waals surface area contributed by atoms with Gasteiger partial charge in [0.15, 0.2) is 5.76 Å². The van der Waals surface area contributed by atoms with Crippen molar-refractivity contribution in [3.05, 3.63) is 48.4 Å². The van der Waals surface area contributed by atoms with Crippen LogP contribution in [-0.4, -0.2) is 19.5 Å². The number of hydrogen-bond donors (Lipinski definition) is 1. The molecule has 0 unspecified atom stereocenters. The topological polar surface area (TPSA) is 45.5 Å². The lowest BCUT2D eigenvalue weighted by atomic mass is 10.2. The zero-order valence-corrected chi connectivity index (χ0v) is 11.9. The van der Waals surface area contributed by atoms with Gasteiger partial charge in [0.2, 0.25) is 0 Å². The van der Waals surface area contributed by atoms with Gasteiger partial charge >= 0.3 is 0 Å². The highest BCUT2D eigenvalue weighted by atomic mass is 16.3. The van der Waals surface area contributed by atoms with Crippen molar-refractivity contribution in [2.45, 2.75) is 19.8 Å². The van der Waals surface area contributed by atoms with Crippen molar-refractivity contribution >= 4 is 17.3 Å². The van der Waals surface area contributed by atoms with Crippen molar-refractivity contribution in [3.8, 4) is 0 Å². The summed E-state index contributed by atoms with van der Waals surface area (Å²) in [6.07, 6.45) is 3.84. The number of nitrogens with one attached hydrogen (secondary N) is 1. The van der Waals surface area contributed by atoms with E-state index < -0.39 is 0 Å². The second-order valence-electron chi connectivity index (χ2n) is 4.75. The van der Waals surface area contributed by atoms with Crippen LogP contribution in [0, 0.1) is 0 Å². The number of furan rings is 1. The van der Waals surface area contributed by atoms with Gasteiger partial charge in [0.1, 0.15) is 0 Å². The predicted octanol–water partition coefficient (Wildman–Crippen LogP) is 3.77. The SMILES string of the molecule is CCCCN(C)c1ccc(NC(=O)c2ccco2)cc1. The van der Waals surface area contributed by atoms with E-state index in [-0.39, 0.29) is 5.91 Å². The van der Waals surface area contributed by atoms with E-state index in [9.17, 15) is 4.79 Å². The molecule has 1 amide bonds. The van der Waals surface area contributed by atoms with Gasteiger partial charge in [0, 0.05) is 25.0 Å². The molecule has 1 aromatic carbocycles. The van der Waals surface area contributed by atoms with Gasteiger partial charge in [-0.25, -0.2) is 0 Å². The molecule has 20 heavy (non-hydrogen) atoms. The summed E-state index contributed by atoms with van der Waals surface area (Å²) in [5.74, 6) is 0.0798. The first kappa shape index (κ1) is 14.2. The van der Waals surface area contributed by atoms with Gasteiger partial charge in [0.05, 0.1) is 6.26 Å². The molecule has 0 saturated heterocycles. The smallest absolute Gasteiger partial charge is 0.291 e. The third kappa shape index (κ3) is 3.63. The number of unbranched alkanes of at least 4 members (excludes halogenated alkanes) is 1. The Morgan fingerprint density at radius 2 is 2.00 bits per heavy atom. The Balaban J connectivity index is 1.96. The molecule has 2 aromatic rings. The van der Waals surface area contributed by atoms with Gasteiger partial charge in [-0.3, -0.25) is 4.79 Å². The molecule has 0 spiro atoms. The van der Waals surface area contributed by atoms with Crippen LogP contribution in [-0.2, 0) is 0 Å². The summed E-state index contributed by atoms with van der Waals surface area (Å²) in [7, 11) is 2.08. The highest BCUT2D eigenvalue weighted by Gasteiger charge is 2.08. The molecule has 106 valence electrons. The van der Waals surface area contributed by atoms with Crippen LogP contribution in [0.15, 0.2) is 47.1 Å². The summed E-state index contributed by atoms with van der Waals surface area (Å²) in [6.45, 7) is 3.22. The van der Waals surface area contributed by atoms with Crippen LogP contribution in [0.2, 0.25) is 0 Å². The molecule has 2 rings (SSSR count). The first-order valence-corrected chi connectivity index (χ1v) is 6.86. The van der Waals surface area contributed by atoms with E-state index in [4.69, 9.17) is 4.42 Å². The quantitative estimate of drug-likeness (QED) is 0.870. The second-order valence-corrected chi connectivity index (χ2v) is 4.75. The molecule has 0 bridgehead atoms. The van der Waals surface area contributed by atoms with E-state index in [1.807, 2.05) is 24.3 Å². The molecule has 4 heteroatoms. The van der Waals surface area contributed by atoms with Gasteiger partial charge in [0.25, 0.3) is 5.91 Å². The van der Waals surface area contributed by atoms with Crippen LogP contribution in [0.3, 0.4) is 0 Å². The Morgan fingerprint density at radius 3 is 2.60 bits per heavy atom. The zero-order chi connectivity index (χ0) is 14.4. The molecule has 0 aliphatic carbocycles. The molecule has 0 aliphatic heterocycles. The van der Waals surface area contributed by atoms with Crippen LogP contribution in [0.4, 0.5) is 11.4 Å². The van der Waals surface area contributed by atoms with E-state index in [0.29, 0.717) is 5.76 Å².